The molecule has 3 rings (SSSR count). The van der Waals surface area contributed by atoms with Gasteiger partial charge in [-0.25, -0.2) is 9.37 Å². The Kier molecular flexibility index (Phi) is 6.89. The van der Waals surface area contributed by atoms with Gasteiger partial charge in [0.2, 0.25) is 11.8 Å². The van der Waals surface area contributed by atoms with Gasteiger partial charge in [-0.1, -0.05) is 12.1 Å². The quantitative estimate of drug-likeness (QED) is 0.708. The predicted molar refractivity (Wildman–Crippen MR) is 103 cm³/mol. The third-order valence-corrected chi connectivity index (χ3v) is 4.71. The molecule has 1 aliphatic heterocycles. The number of hydrogen-bond acceptors (Lipinski definition) is 5. The zero-order chi connectivity index (χ0) is 19.8. The number of amides is 2. The fraction of sp³-hybridized carbons (Fsp3) is 0.400. The van der Waals surface area contributed by atoms with E-state index in [1.807, 2.05) is 0 Å². The molecule has 0 bridgehead atoms. The largest absolute Gasteiger partial charge is 0.367 e. The lowest BCUT2D eigenvalue weighted by molar-refractivity contribution is -0.135. The van der Waals surface area contributed by atoms with E-state index in [2.05, 4.69) is 20.6 Å². The van der Waals surface area contributed by atoms with Crippen molar-refractivity contribution in [3.8, 4) is 0 Å². The van der Waals surface area contributed by atoms with Crippen LogP contribution in [0.15, 0.2) is 42.9 Å². The molecule has 8 heteroatoms. The Morgan fingerprint density at radius 1 is 1.18 bits per heavy atom. The summed E-state index contributed by atoms with van der Waals surface area (Å²) in [6, 6.07) is 5.94. The van der Waals surface area contributed by atoms with Crippen LogP contribution in [0.2, 0.25) is 0 Å². The fourth-order valence-electron chi connectivity index (χ4n) is 3.22. The molecule has 28 heavy (non-hydrogen) atoms. The van der Waals surface area contributed by atoms with Crippen molar-refractivity contribution < 1.29 is 14.0 Å². The summed E-state index contributed by atoms with van der Waals surface area (Å²) in [6.45, 7) is 2.08. The first-order valence-electron chi connectivity index (χ1n) is 9.41. The Bertz CT molecular complexity index is 785. The Labute approximate surface area is 163 Å². The first kappa shape index (κ1) is 19.7. The number of benzene rings is 1. The molecule has 1 atom stereocenters. The maximum absolute atomic E-state index is 13.0. The van der Waals surface area contributed by atoms with Crippen molar-refractivity contribution in [2.75, 3.05) is 31.5 Å². The highest BCUT2D eigenvalue weighted by Crippen LogP contribution is 2.18. The zero-order valence-corrected chi connectivity index (χ0v) is 15.6. The molecule has 1 aromatic heterocycles. The van der Waals surface area contributed by atoms with Crippen molar-refractivity contribution in [1.29, 1.82) is 0 Å². The molecule has 1 aliphatic rings. The first-order valence-corrected chi connectivity index (χ1v) is 9.41. The van der Waals surface area contributed by atoms with E-state index in [0.717, 1.165) is 18.4 Å². The van der Waals surface area contributed by atoms with Gasteiger partial charge in [-0.3, -0.25) is 14.6 Å². The van der Waals surface area contributed by atoms with Crippen molar-refractivity contribution in [1.82, 2.24) is 20.2 Å². The summed E-state index contributed by atoms with van der Waals surface area (Å²) in [5.41, 5.74) is 0.771. The van der Waals surface area contributed by atoms with Crippen LogP contribution in [0.5, 0.6) is 0 Å². The van der Waals surface area contributed by atoms with E-state index in [4.69, 9.17) is 0 Å². The van der Waals surface area contributed by atoms with Gasteiger partial charge in [-0.2, -0.15) is 0 Å². The Morgan fingerprint density at radius 3 is 2.75 bits per heavy atom. The molecule has 0 aliphatic carbocycles. The highest BCUT2D eigenvalue weighted by molar-refractivity contribution is 5.82. The molecular weight excluding hydrogens is 361 g/mol. The third kappa shape index (κ3) is 5.73. The van der Waals surface area contributed by atoms with Gasteiger partial charge >= 0.3 is 0 Å². The number of rotatable bonds is 7. The number of anilines is 1. The van der Waals surface area contributed by atoms with Crippen molar-refractivity contribution in [3.63, 3.8) is 0 Å². The number of carbonyl (C=O) groups excluding carboxylic acids is 2. The number of hydrogen-bond donors (Lipinski definition) is 2. The molecule has 2 heterocycles. The van der Waals surface area contributed by atoms with Gasteiger partial charge in [0, 0.05) is 38.6 Å². The molecule has 0 saturated carbocycles. The normalized spacial score (nSPS) is 16.5. The molecular formula is C20H24FN5O2. The standard InChI is InChI=1S/C20H24FN5O2/c21-17-5-3-15(4-6-17)12-19(27)26-11-1-2-16(14-26)20(28)25-10-9-24-18-13-22-7-8-23-18/h3-8,13,16H,1-2,9-12,14H2,(H,23,24)(H,25,28). The Hall–Kier alpha value is -3.03. The highest BCUT2D eigenvalue weighted by Gasteiger charge is 2.28. The van der Waals surface area contributed by atoms with Crippen molar-refractivity contribution in [3.05, 3.63) is 54.2 Å². The monoisotopic (exact) mass is 385 g/mol. The minimum Gasteiger partial charge on any atom is -0.367 e. The van der Waals surface area contributed by atoms with Gasteiger partial charge in [0.25, 0.3) is 0 Å². The fourth-order valence-corrected chi connectivity index (χ4v) is 3.22. The van der Waals surface area contributed by atoms with Crippen LogP contribution in [0.1, 0.15) is 18.4 Å². The molecule has 2 N–H and O–H groups in total. The molecule has 1 unspecified atom stereocenters. The molecule has 1 fully saturated rings. The lowest BCUT2D eigenvalue weighted by atomic mass is 9.96. The van der Waals surface area contributed by atoms with E-state index >= 15 is 0 Å². The third-order valence-electron chi connectivity index (χ3n) is 4.71. The number of nitrogens with zero attached hydrogens (tertiary/aromatic N) is 3. The molecule has 2 amide bonds. The van der Waals surface area contributed by atoms with Crippen LogP contribution in [0.3, 0.4) is 0 Å². The molecule has 7 nitrogen and oxygen atoms in total. The van der Waals surface area contributed by atoms with Gasteiger partial charge in [-0.15, -0.1) is 0 Å². The van der Waals surface area contributed by atoms with E-state index in [0.29, 0.717) is 32.0 Å². The van der Waals surface area contributed by atoms with Crippen LogP contribution in [-0.2, 0) is 16.0 Å². The molecule has 148 valence electrons. The first-order chi connectivity index (χ1) is 13.6. The average molecular weight is 385 g/mol. The lowest BCUT2D eigenvalue weighted by Gasteiger charge is -2.32. The van der Waals surface area contributed by atoms with E-state index in [-0.39, 0.29) is 30.0 Å². The lowest BCUT2D eigenvalue weighted by Crippen LogP contribution is -2.46. The summed E-state index contributed by atoms with van der Waals surface area (Å²) < 4.78 is 13.0. The maximum Gasteiger partial charge on any atom is 0.227 e. The molecule has 0 spiro atoms. The topological polar surface area (TPSA) is 87.2 Å². The van der Waals surface area contributed by atoms with Crippen LogP contribution < -0.4 is 10.6 Å². The highest BCUT2D eigenvalue weighted by atomic mass is 19.1. The van der Waals surface area contributed by atoms with Gasteiger partial charge in [0.05, 0.1) is 18.5 Å². The number of nitrogens with one attached hydrogen (secondary N) is 2. The van der Waals surface area contributed by atoms with Crippen LogP contribution in [0.25, 0.3) is 0 Å². The molecule has 0 radical (unpaired) electrons. The second-order valence-corrected chi connectivity index (χ2v) is 6.79. The van der Waals surface area contributed by atoms with Gasteiger partial charge in [0.15, 0.2) is 0 Å². The number of halogens is 1. The number of aromatic nitrogens is 2. The average Bonchev–Trinajstić information content (AvgIpc) is 2.73. The van der Waals surface area contributed by atoms with Gasteiger partial charge in [0.1, 0.15) is 11.6 Å². The van der Waals surface area contributed by atoms with E-state index in [1.54, 1.807) is 35.6 Å². The molecule has 2 aromatic rings. The van der Waals surface area contributed by atoms with Crippen LogP contribution >= 0.6 is 0 Å². The van der Waals surface area contributed by atoms with E-state index in [1.165, 1.54) is 12.1 Å². The minimum absolute atomic E-state index is 0.0339. The second kappa shape index (κ2) is 9.77. The summed E-state index contributed by atoms with van der Waals surface area (Å²) in [7, 11) is 0. The van der Waals surface area contributed by atoms with Gasteiger partial charge < -0.3 is 15.5 Å². The summed E-state index contributed by atoms with van der Waals surface area (Å²) in [5, 5.41) is 5.99. The minimum atomic E-state index is -0.320. The number of likely N-dealkylation sites (tertiary alicyclic amines) is 1. The van der Waals surface area contributed by atoms with Crippen LogP contribution in [0, 0.1) is 11.7 Å². The Balaban J connectivity index is 1.42. The van der Waals surface area contributed by atoms with E-state index < -0.39 is 0 Å². The zero-order valence-electron chi connectivity index (χ0n) is 15.6. The summed E-state index contributed by atoms with van der Waals surface area (Å²) in [5.74, 6) is 0.0581. The van der Waals surface area contributed by atoms with Crippen molar-refractivity contribution >= 4 is 17.6 Å². The van der Waals surface area contributed by atoms with Crippen molar-refractivity contribution in [2.24, 2.45) is 5.92 Å². The SMILES string of the molecule is O=C(NCCNc1cnccn1)C1CCCN(C(=O)Cc2ccc(F)cc2)C1. The summed E-state index contributed by atoms with van der Waals surface area (Å²) >= 11 is 0. The summed E-state index contributed by atoms with van der Waals surface area (Å²) in [6.07, 6.45) is 6.60. The molecule has 1 saturated heterocycles. The number of carbonyl (C=O) groups is 2. The maximum atomic E-state index is 13.0. The van der Waals surface area contributed by atoms with Crippen LogP contribution in [-0.4, -0.2) is 52.9 Å². The van der Waals surface area contributed by atoms with Crippen molar-refractivity contribution in [2.45, 2.75) is 19.3 Å². The predicted octanol–water partition coefficient (Wildman–Crippen LogP) is 1.63. The second-order valence-electron chi connectivity index (χ2n) is 6.79. The smallest absolute Gasteiger partial charge is 0.227 e. The summed E-state index contributed by atoms with van der Waals surface area (Å²) in [4.78, 5) is 34.7. The number of piperidine rings is 1. The molecule has 1 aromatic carbocycles. The Morgan fingerprint density at radius 2 is 2.00 bits per heavy atom. The van der Waals surface area contributed by atoms with Crippen LogP contribution in [0.4, 0.5) is 10.2 Å². The van der Waals surface area contributed by atoms with E-state index in [9.17, 15) is 14.0 Å². The van der Waals surface area contributed by atoms with Gasteiger partial charge in [-0.05, 0) is 30.5 Å².